The number of primary amides is 1. The normalized spacial score (nSPS) is 15.7. The van der Waals surface area contributed by atoms with Crippen LogP contribution in [0.25, 0.3) is 0 Å². The summed E-state index contributed by atoms with van der Waals surface area (Å²) in [5.41, 5.74) is 10.9. The number of nitrogen functional groups attached to an aromatic ring is 1. The summed E-state index contributed by atoms with van der Waals surface area (Å²) in [5, 5.41) is 3.14. The molecular weight excluding hydrogens is 194 g/mol. The molecule has 1 aromatic rings. The number of carbonyl (C=O) groups excluding carboxylic acids is 1. The minimum atomic E-state index is -0.545. The molecule has 1 saturated carbocycles. The van der Waals surface area contributed by atoms with Crippen molar-refractivity contribution >= 4 is 17.7 Å². The molecule has 6 nitrogen and oxygen atoms in total. The average Bonchev–Trinajstić information content (AvgIpc) is 2.11. The first-order chi connectivity index (χ1) is 7.16. The molecule has 15 heavy (non-hydrogen) atoms. The smallest absolute Gasteiger partial charge is 0.254 e. The van der Waals surface area contributed by atoms with Crippen LogP contribution >= 0.6 is 0 Å². The Bertz CT molecular complexity index is 388. The quantitative estimate of drug-likeness (QED) is 0.652. The van der Waals surface area contributed by atoms with Crippen molar-refractivity contribution in [2.75, 3.05) is 11.1 Å². The van der Waals surface area contributed by atoms with Gasteiger partial charge in [-0.05, 0) is 19.3 Å². The van der Waals surface area contributed by atoms with Crippen LogP contribution in [0.5, 0.6) is 0 Å². The third kappa shape index (κ3) is 1.98. The lowest BCUT2D eigenvalue weighted by atomic mass is 9.93. The van der Waals surface area contributed by atoms with Gasteiger partial charge in [0.15, 0.2) is 0 Å². The van der Waals surface area contributed by atoms with Crippen LogP contribution in [0.1, 0.15) is 29.6 Å². The van der Waals surface area contributed by atoms with E-state index in [0.717, 1.165) is 12.8 Å². The molecule has 0 spiro atoms. The zero-order chi connectivity index (χ0) is 10.8. The lowest BCUT2D eigenvalue weighted by Gasteiger charge is -2.27. The largest absolute Gasteiger partial charge is 0.368 e. The van der Waals surface area contributed by atoms with Crippen LogP contribution in [-0.4, -0.2) is 21.9 Å². The number of nitrogens with two attached hydrogens (primary N) is 2. The Labute approximate surface area is 87.1 Å². The Morgan fingerprint density at radius 2 is 2.27 bits per heavy atom. The summed E-state index contributed by atoms with van der Waals surface area (Å²) in [4.78, 5) is 18.8. The van der Waals surface area contributed by atoms with Crippen molar-refractivity contribution < 1.29 is 4.79 Å². The van der Waals surface area contributed by atoms with E-state index >= 15 is 0 Å². The highest BCUT2D eigenvalue weighted by Gasteiger charge is 2.20. The Kier molecular flexibility index (Phi) is 2.40. The van der Waals surface area contributed by atoms with Crippen LogP contribution in [0.2, 0.25) is 0 Å². The van der Waals surface area contributed by atoms with Gasteiger partial charge in [0, 0.05) is 12.2 Å². The van der Waals surface area contributed by atoms with Crippen molar-refractivity contribution in [3.63, 3.8) is 0 Å². The van der Waals surface area contributed by atoms with Crippen molar-refractivity contribution in [1.82, 2.24) is 9.97 Å². The lowest BCUT2D eigenvalue weighted by molar-refractivity contribution is 0.100. The maximum Gasteiger partial charge on any atom is 0.254 e. The van der Waals surface area contributed by atoms with E-state index in [9.17, 15) is 4.79 Å². The summed E-state index contributed by atoms with van der Waals surface area (Å²) in [7, 11) is 0. The van der Waals surface area contributed by atoms with Gasteiger partial charge in [-0.1, -0.05) is 0 Å². The van der Waals surface area contributed by atoms with Crippen LogP contribution in [0.15, 0.2) is 6.20 Å². The van der Waals surface area contributed by atoms with Crippen molar-refractivity contribution in [2.24, 2.45) is 5.73 Å². The van der Waals surface area contributed by atoms with Gasteiger partial charge in [-0.15, -0.1) is 0 Å². The zero-order valence-electron chi connectivity index (χ0n) is 8.23. The monoisotopic (exact) mass is 207 g/mol. The molecule has 5 N–H and O–H groups in total. The number of nitrogens with zero attached hydrogens (tertiary/aromatic N) is 2. The predicted octanol–water partition coefficient (Wildman–Crippen LogP) is 0.122. The summed E-state index contributed by atoms with van der Waals surface area (Å²) in [5.74, 6) is 0.0401. The average molecular weight is 207 g/mol. The Morgan fingerprint density at radius 1 is 1.53 bits per heavy atom. The minimum absolute atomic E-state index is 0.141. The number of hydrogen-bond donors (Lipinski definition) is 3. The fourth-order valence-corrected chi connectivity index (χ4v) is 1.43. The molecule has 1 amide bonds. The van der Waals surface area contributed by atoms with E-state index in [1.807, 2.05) is 0 Å². The van der Waals surface area contributed by atoms with E-state index in [2.05, 4.69) is 15.3 Å². The topological polar surface area (TPSA) is 107 Å². The molecule has 1 heterocycles. The third-order valence-corrected chi connectivity index (χ3v) is 2.52. The van der Waals surface area contributed by atoms with E-state index in [4.69, 9.17) is 11.5 Å². The van der Waals surface area contributed by atoms with Gasteiger partial charge < -0.3 is 16.8 Å². The highest BCUT2D eigenvalue weighted by atomic mass is 16.1. The van der Waals surface area contributed by atoms with Crippen LogP contribution < -0.4 is 16.8 Å². The van der Waals surface area contributed by atoms with Gasteiger partial charge in [0.2, 0.25) is 5.95 Å². The summed E-state index contributed by atoms with van der Waals surface area (Å²) < 4.78 is 0. The summed E-state index contributed by atoms with van der Waals surface area (Å²) >= 11 is 0. The second-order valence-corrected chi connectivity index (χ2v) is 3.63. The van der Waals surface area contributed by atoms with Crippen LogP contribution in [0.3, 0.4) is 0 Å². The Morgan fingerprint density at radius 3 is 2.80 bits per heavy atom. The molecule has 6 heteroatoms. The van der Waals surface area contributed by atoms with Crippen LogP contribution in [0, 0.1) is 0 Å². The number of carbonyl (C=O) groups is 1. The standard InChI is InChI=1S/C9H13N5O/c10-7(15)6-4-12-9(11)14-8(6)13-5-2-1-3-5/h4-5H,1-3H2,(H2,10,15)(H3,11,12,13,14). The molecule has 0 bridgehead atoms. The molecule has 80 valence electrons. The van der Waals surface area contributed by atoms with Crippen molar-refractivity contribution in [2.45, 2.75) is 25.3 Å². The van der Waals surface area contributed by atoms with Gasteiger partial charge in [-0.25, -0.2) is 4.98 Å². The lowest BCUT2D eigenvalue weighted by Crippen LogP contribution is -2.29. The number of amides is 1. The molecule has 1 fully saturated rings. The third-order valence-electron chi connectivity index (χ3n) is 2.52. The molecule has 0 radical (unpaired) electrons. The zero-order valence-corrected chi connectivity index (χ0v) is 8.23. The van der Waals surface area contributed by atoms with Gasteiger partial charge in [0.25, 0.3) is 5.91 Å². The second kappa shape index (κ2) is 3.72. The predicted molar refractivity (Wildman–Crippen MR) is 56.2 cm³/mol. The number of nitrogens with one attached hydrogen (secondary N) is 1. The first-order valence-corrected chi connectivity index (χ1v) is 4.85. The molecule has 0 aromatic carbocycles. The van der Waals surface area contributed by atoms with Gasteiger partial charge in [-0.3, -0.25) is 4.79 Å². The van der Waals surface area contributed by atoms with Gasteiger partial charge >= 0.3 is 0 Å². The molecule has 1 aromatic heterocycles. The van der Waals surface area contributed by atoms with E-state index < -0.39 is 5.91 Å². The SMILES string of the molecule is NC(=O)c1cnc(N)nc1NC1CCC1. The van der Waals surface area contributed by atoms with Crippen LogP contribution in [0.4, 0.5) is 11.8 Å². The summed E-state index contributed by atoms with van der Waals surface area (Å²) in [6.45, 7) is 0. The second-order valence-electron chi connectivity index (χ2n) is 3.63. The van der Waals surface area contributed by atoms with Gasteiger partial charge in [0.1, 0.15) is 5.82 Å². The first kappa shape index (κ1) is 9.70. The molecule has 0 atom stereocenters. The molecule has 2 rings (SSSR count). The fourth-order valence-electron chi connectivity index (χ4n) is 1.43. The maximum absolute atomic E-state index is 11.1. The maximum atomic E-state index is 11.1. The van der Waals surface area contributed by atoms with E-state index in [0.29, 0.717) is 11.9 Å². The molecule has 0 saturated heterocycles. The number of aromatic nitrogens is 2. The van der Waals surface area contributed by atoms with E-state index in [1.165, 1.54) is 12.6 Å². The Balaban J connectivity index is 2.24. The number of anilines is 2. The molecule has 0 unspecified atom stereocenters. The van der Waals surface area contributed by atoms with Gasteiger partial charge in [-0.2, -0.15) is 4.98 Å². The number of rotatable bonds is 3. The molecule has 0 aliphatic heterocycles. The van der Waals surface area contributed by atoms with E-state index in [-0.39, 0.29) is 11.5 Å². The highest BCUT2D eigenvalue weighted by molar-refractivity contribution is 5.97. The fraction of sp³-hybridized carbons (Fsp3) is 0.444. The van der Waals surface area contributed by atoms with E-state index in [1.54, 1.807) is 0 Å². The molecule has 1 aliphatic carbocycles. The van der Waals surface area contributed by atoms with Gasteiger partial charge in [0.05, 0.1) is 5.56 Å². The summed E-state index contributed by atoms with van der Waals surface area (Å²) in [6.07, 6.45) is 4.72. The van der Waals surface area contributed by atoms with Crippen LogP contribution in [-0.2, 0) is 0 Å². The minimum Gasteiger partial charge on any atom is -0.368 e. The highest BCUT2D eigenvalue weighted by Crippen LogP contribution is 2.23. The van der Waals surface area contributed by atoms with Crippen molar-refractivity contribution in [3.8, 4) is 0 Å². The molecule has 1 aliphatic rings. The van der Waals surface area contributed by atoms with Crippen molar-refractivity contribution in [3.05, 3.63) is 11.8 Å². The Hall–Kier alpha value is -1.85. The van der Waals surface area contributed by atoms with Crippen molar-refractivity contribution in [1.29, 1.82) is 0 Å². The first-order valence-electron chi connectivity index (χ1n) is 4.85. The summed E-state index contributed by atoms with van der Waals surface area (Å²) in [6, 6.07) is 0.373. The molecular formula is C9H13N5O. The number of hydrogen-bond acceptors (Lipinski definition) is 5.